The van der Waals surface area contributed by atoms with E-state index >= 15 is 0 Å². The zero-order valence-corrected chi connectivity index (χ0v) is 18.4. The minimum atomic E-state index is -3.82. The number of hydrogen-bond donors (Lipinski definition) is 0. The third-order valence-electron chi connectivity index (χ3n) is 5.66. The molecule has 0 saturated heterocycles. The molecule has 6 heteroatoms. The molecule has 5 nitrogen and oxygen atoms in total. The summed E-state index contributed by atoms with van der Waals surface area (Å²) in [6.07, 6.45) is 0.783. The summed E-state index contributed by atoms with van der Waals surface area (Å²) in [5, 5.41) is 0. The lowest BCUT2D eigenvalue weighted by molar-refractivity contribution is -0.132. The van der Waals surface area contributed by atoms with Gasteiger partial charge in [-0.2, -0.15) is 4.31 Å². The van der Waals surface area contributed by atoms with E-state index in [1.165, 1.54) is 9.87 Å². The van der Waals surface area contributed by atoms with Crippen LogP contribution >= 0.6 is 0 Å². The van der Waals surface area contributed by atoms with E-state index in [1.54, 1.807) is 35.2 Å². The molecule has 1 aliphatic heterocycles. The van der Waals surface area contributed by atoms with E-state index in [9.17, 15) is 13.2 Å². The van der Waals surface area contributed by atoms with Crippen molar-refractivity contribution in [2.75, 3.05) is 13.1 Å². The molecular weight excluding hydrogens is 408 g/mol. The Balaban J connectivity index is 1.58. The molecule has 0 N–H and O–H groups in total. The fourth-order valence-electron chi connectivity index (χ4n) is 3.82. The minimum Gasteiger partial charge on any atom is -0.337 e. The van der Waals surface area contributed by atoms with Crippen molar-refractivity contribution in [3.63, 3.8) is 0 Å². The lowest BCUT2D eigenvalue weighted by Gasteiger charge is -2.31. The predicted octanol–water partition coefficient (Wildman–Crippen LogP) is 3.77. The number of nitrogens with zero attached hydrogens (tertiary/aromatic N) is 2. The number of rotatable bonds is 6. The number of fused-ring (bicyclic) bond motifs is 1. The molecule has 0 bridgehead atoms. The van der Waals surface area contributed by atoms with Crippen LogP contribution in [0.25, 0.3) is 0 Å². The Bertz CT molecular complexity index is 1160. The van der Waals surface area contributed by atoms with E-state index in [2.05, 4.69) is 6.07 Å². The molecule has 0 aromatic heterocycles. The van der Waals surface area contributed by atoms with Gasteiger partial charge in [0, 0.05) is 19.6 Å². The molecule has 1 aliphatic rings. The maximum atomic E-state index is 13.4. The molecule has 0 fully saturated rings. The number of carbonyl (C=O) groups is 1. The highest BCUT2D eigenvalue weighted by molar-refractivity contribution is 7.89. The third kappa shape index (κ3) is 4.86. The molecule has 1 heterocycles. The van der Waals surface area contributed by atoms with Crippen LogP contribution in [-0.4, -0.2) is 36.6 Å². The summed E-state index contributed by atoms with van der Waals surface area (Å²) in [4.78, 5) is 15.1. The van der Waals surface area contributed by atoms with E-state index in [1.807, 2.05) is 49.4 Å². The summed E-state index contributed by atoms with van der Waals surface area (Å²) in [7, 11) is -3.82. The monoisotopic (exact) mass is 434 g/mol. The zero-order valence-electron chi connectivity index (χ0n) is 17.6. The van der Waals surface area contributed by atoms with Gasteiger partial charge in [0.05, 0.1) is 11.4 Å². The van der Waals surface area contributed by atoms with E-state index in [0.29, 0.717) is 13.1 Å². The van der Waals surface area contributed by atoms with Crippen molar-refractivity contribution in [2.24, 2.45) is 0 Å². The Labute approximate surface area is 184 Å². The average molecular weight is 435 g/mol. The molecule has 0 radical (unpaired) electrons. The van der Waals surface area contributed by atoms with Gasteiger partial charge in [-0.25, -0.2) is 8.42 Å². The highest BCUT2D eigenvalue weighted by Gasteiger charge is 2.29. The first-order valence-corrected chi connectivity index (χ1v) is 11.8. The lowest BCUT2D eigenvalue weighted by Crippen LogP contribution is -2.44. The van der Waals surface area contributed by atoms with Crippen molar-refractivity contribution in [2.45, 2.75) is 31.3 Å². The molecule has 1 amide bonds. The van der Waals surface area contributed by atoms with E-state index in [4.69, 9.17) is 0 Å². The van der Waals surface area contributed by atoms with Gasteiger partial charge < -0.3 is 4.90 Å². The van der Waals surface area contributed by atoms with Crippen molar-refractivity contribution >= 4 is 15.9 Å². The van der Waals surface area contributed by atoms with Gasteiger partial charge in [0.15, 0.2) is 0 Å². The van der Waals surface area contributed by atoms with E-state index < -0.39 is 10.0 Å². The average Bonchev–Trinajstić information content (AvgIpc) is 2.80. The fourth-order valence-corrected chi connectivity index (χ4v) is 5.22. The van der Waals surface area contributed by atoms with Gasteiger partial charge in [-0.15, -0.1) is 0 Å². The van der Waals surface area contributed by atoms with Crippen molar-refractivity contribution in [3.8, 4) is 0 Å². The van der Waals surface area contributed by atoms with Crippen LogP contribution in [0.2, 0.25) is 0 Å². The van der Waals surface area contributed by atoms with Gasteiger partial charge >= 0.3 is 0 Å². The second-order valence-electron chi connectivity index (χ2n) is 7.91. The number of benzene rings is 3. The number of sulfonamides is 1. The zero-order chi connectivity index (χ0) is 21.8. The van der Waals surface area contributed by atoms with Crippen LogP contribution < -0.4 is 0 Å². The molecule has 0 atom stereocenters. The maximum absolute atomic E-state index is 13.4. The second kappa shape index (κ2) is 9.04. The van der Waals surface area contributed by atoms with Gasteiger partial charge in [-0.1, -0.05) is 72.3 Å². The number of carbonyl (C=O) groups excluding carboxylic acids is 1. The summed E-state index contributed by atoms with van der Waals surface area (Å²) in [6.45, 7) is 3.05. The molecule has 4 rings (SSSR count). The number of aryl methyl sites for hydroxylation is 1. The molecule has 0 spiro atoms. The van der Waals surface area contributed by atoms with E-state index in [0.717, 1.165) is 23.1 Å². The van der Waals surface area contributed by atoms with Gasteiger partial charge in [0.1, 0.15) is 0 Å². The Morgan fingerprint density at radius 3 is 2.26 bits per heavy atom. The number of hydrogen-bond acceptors (Lipinski definition) is 3. The van der Waals surface area contributed by atoms with Crippen LogP contribution in [-0.2, 0) is 34.3 Å². The highest BCUT2D eigenvalue weighted by Crippen LogP contribution is 2.22. The SMILES string of the molecule is Cc1ccc(CN(CC(=O)N2CCc3ccccc3C2)S(=O)(=O)c2ccccc2)cc1. The predicted molar refractivity (Wildman–Crippen MR) is 121 cm³/mol. The number of amides is 1. The summed E-state index contributed by atoms with van der Waals surface area (Å²) in [6, 6.07) is 24.1. The molecule has 0 aliphatic carbocycles. The van der Waals surface area contributed by atoms with Crippen LogP contribution in [0.5, 0.6) is 0 Å². The summed E-state index contributed by atoms with van der Waals surface area (Å²) >= 11 is 0. The van der Waals surface area contributed by atoms with Crippen molar-refractivity contribution < 1.29 is 13.2 Å². The normalized spacial score (nSPS) is 13.8. The summed E-state index contributed by atoms with van der Waals surface area (Å²) < 4.78 is 28.0. The highest BCUT2D eigenvalue weighted by atomic mass is 32.2. The van der Waals surface area contributed by atoms with Crippen LogP contribution in [0.4, 0.5) is 0 Å². The topological polar surface area (TPSA) is 57.7 Å². The molecule has 3 aromatic rings. The Morgan fingerprint density at radius 2 is 1.55 bits per heavy atom. The quantitative estimate of drug-likeness (QED) is 0.593. The first-order valence-electron chi connectivity index (χ1n) is 10.4. The van der Waals surface area contributed by atoms with Crippen LogP contribution in [0.3, 0.4) is 0 Å². The molecule has 0 unspecified atom stereocenters. The Kier molecular flexibility index (Phi) is 6.20. The first kappa shape index (κ1) is 21.3. The Morgan fingerprint density at radius 1 is 0.903 bits per heavy atom. The van der Waals surface area contributed by atoms with Gasteiger partial charge in [0.25, 0.3) is 0 Å². The first-order chi connectivity index (χ1) is 14.9. The van der Waals surface area contributed by atoms with Gasteiger partial charge in [-0.05, 0) is 42.2 Å². The lowest BCUT2D eigenvalue weighted by atomic mass is 10.00. The standard InChI is InChI=1S/C25H26N2O3S/c1-20-11-13-21(14-12-20)17-27(31(29,30)24-9-3-2-4-10-24)19-25(28)26-16-15-22-7-5-6-8-23(22)18-26/h2-14H,15-19H2,1H3. The fraction of sp³-hybridized carbons (Fsp3) is 0.240. The molecule has 0 saturated carbocycles. The molecule has 160 valence electrons. The maximum Gasteiger partial charge on any atom is 0.243 e. The third-order valence-corrected chi connectivity index (χ3v) is 7.46. The summed E-state index contributed by atoms with van der Waals surface area (Å²) in [5.74, 6) is -0.180. The molecule has 31 heavy (non-hydrogen) atoms. The smallest absolute Gasteiger partial charge is 0.243 e. The second-order valence-corrected chi connectivity index (χ2v) is 9.84. The van der Waals surface area contributed by atoms with Crippen LogP contribution in [0.1, 0.15) is 22.3 Å². The summed E-state index contributed by atoms with van der Waals surface area (Å²) in [5.41, 5.74) is 4.32. The Hall–Kier alpha value is -2.96. The van der Waals surface area contributed by atoms with Crippen molar-refractivity contribution in [1.82, 2.24) is 9.21 Å². The molecular formula is C25H26N2O3S. The largest absolute Gasteiger partial charge is 0.337 e. The van der Waals surface area contributed by atoms with Gasteiger partial charge in [0.2, 0.25) is 15.9 Å². The van der Waals surface area contributed by atoms with Crippen molar-refractivity contribution in [3.05, 3.63) is 101 Å². The molecule has 3 aromatic carbocycles. The van der Waals surface area contributed by atoms with Crippen LogP contribution in [0.15, 0.2) is 83.8 Å². The van der Waals surface area contributed by atoms with Crippen LogP contribution in [0, 0.1) is 6.92 Å². The van der Waals surface area contributed by atoms with E-state index in [-0.39, 0.29) is 23.9 Å². The minimum absolute atomic E-state index is 0.147. The van der Waals surface area contributed by atoms with Crippen molar-refractivity contribution in [1.29, 1.82) is 0 Å². The van der Waals surface area contributed by atoms with Gasteiger partial charge in [-0.3, -0.25) is 4.79 Å².